The van der Waals surface area contributed by atoms with E-state index in [9.17, 15) is 14.4 Å². The summed E-state index contributed by atoms with van der Waals surface area (Å²) in [5.74, 6) is -1.40. The lowest BCUT2D eigenvalue weighted by Crippen LogP contribution is -2.43. The lowest BCUT2D eigenvalue weighted by Gasteiger charge is -2.12. The van der Waals surface area contributed by atoms with Crippen LogP contribution in [0.3, 0.4) is 0 Å². The van der Waals surface area contributed by atoms with E-state index in [1.165, 1.54) is 14.0 Å². The van der Waals surface area contributed by atoms with Crippen LogP contribution in [-0.4, -0.2) is 36.0 Å². The van der Waals surface area contributed by atoms with Crippen LogP contribution in [0.15, 0.2) is 24.3 Å². The lowest BCUT2D eigenvalue weighted by atomic mass is 10.2. The number of nitrogens with zero attached hydrogens (tertiary/aromatic N) is 1. The second-order valence-electron chi connectivity index (χ2n) is 5.06. The summed E-state index contributed by atoms with van der Waals surface area (Å²) in [7, 11) is 1.37. The molecule has 1 heterocycles. The van der Waals surface area contributed by atoms with Crippen molar-refractivity contribution in [3.63, 3.8) is 0 Å². The van der Waals surface area contributed by atoms with E-state index in [-0.39, 0.29) is 4.88 Å². The number of aromatic nitrogens is 1. The Balaban J connectivity index is 2.12. The molecule has 0 saturated heterocycles. The van der Waals surface area contributed by atoms with Crippen molar-refractivity contribution in [2.24, 2.45) is 0 Å². The molecule has 1 aromatic carbocycles. The smallest absolute Gasteiger partial charge is 0.351 e. The molecule has 2 rings (SSSR count). The number of esters is 1. The number of imide groups is 1. The van der Waals surface area contributed by atoms with Crippen LogP contribution in [-0.2, 0) is 9.53 Å². The van der Waals surface area contributed by atoms with Crippen LogP contribution in [0.2, 0.25) is 5.02 Å². The first kappa shape index (κ1) is 18.9. The van der Waals surface area contributed by atoms with Crippen LogP contribution in [0.5, 0.6) is 0 Å². The summed E-state index contributed by atoms with van der Waals surface area (Å²) in [6.45, 7) is 3.06. The van der Waals surface area contributed by atoms with Gasteiger partial charge in [0.1, 0.15) is 9.88 Å². The third kappa shape index (κ3) is 4.77. The molecule has 0 bridgehead atoms. The fourth-order valence-corrected chi connectivity index (χ4v) is 3.01. The zero-order valence-corrected chi connectivity index (χ0v) is 15.3. The fourth-order valence-electron chi connectivity index (χ4n) is 1.87. The van der Waals surface area contributed by atoms with Gasteiger partial charge in [0.15, 0.2) is 6.10 Å². The number of carbonyl (C=O) groups excluding carboxylic acids is 3. The van der Waals surface area contributed by atoms with Gasteiger partial charge in [0.25, 0.3) is 5.91 Å². The highest BCUT2D eigenvalue weighted by atomic mass is 35.5. The molecule has 7 nitrogen and oxygen atoms in total. The third-order valence-corrected chi connectivity index (χ3v) is 4.59. The van der Waals surface area contributed by atoms with Gasteiger partial charge >= 0.3 is 12.0 Å². The Labute approximate surface area is 153 Å². The molecule has 0 aliphatic carbocycles. The first-order chi connectivity index (χ1) is 11.8. The summed E-state index contributed by atoms with van der Waals surface area (Å²) in [4.78, 5) is 39.8. The minimum Gasteiger partial charge on any atom is -0.448 e. The number of benzene rings is 1. The van der Waals surface area contributed by atoms with Gasteiger partial charge in [0.2, 0.25) is 0 Å². The van der Waals surface area contributed by atoms with Crippen LogP contribution in [0.1, 0.15) is 22.3 Å². The van der Waals surface area contributed by atoms with Crippen LogP contribution >= 0.6 is 22.9 Å². The largest absolute Gasteiger partial charge is 0.448 e. The van der Waals surface area contributed by atoms with Gasteiger partial charge in [-0.2, -0.15) is 0 Å². The molecule has 0 fully saturated rings. The van der Waals surface area contributed by atoms with Gasteiger partial charge in [-0.15, -0.1) is 11.3 Å². The molecule has 1 aromatic heterocycles. The normalized spacial score (nSPS) is 11.5. The van der Waals surface area contributed by atoms with Crippen LogP contribution < -0.4 is 10.6 Å². The van der Waals surface area contributed by atoms with Gasteiger partial charge in [-0.1, -0.05) is 23.7 Å². The number of ether oxygens (including phenoxy) is 1. The van der Waals surface area contributed by atoms with Crippen molar-refractivity contribution in [3.05, 3.63) is 39.9 Å². The van der Waals surface area contributed by atoms with E-state index < -0.39 is 24.0 Å². The monoisotopic (exact) mass is 381 g/mol. The van der Waals surface area contributed by atoms with Gasteiger partial charge in [0, 0.05) is 17.6 Å². The van der Waals surface area contributed by atoms with Crippen LogP contribution in [0.25, 0.3) is 10.6 Å². The van der Waals surface area contributed by atoms with Crippen molar-refractivity contribution >= 4 is 40.8 Å². The third-order valence-electron chi connectivity index (χ3n) is 3.17. The SMILES string of the molecule is CNC(=O)NC(=O)[C@H](C)OC(=O)c1sc(-c2cccc(Cl)c2)nc1C. The first-order valence-electron chi connectivity index (χ1n) is 7.28. The molecule has 25 heavy (non-hydrogen) atoms. The molecule has 132 valence electrons. The number of aryl methyl sites for hydroxylation is 1. The topological polar surface area (TPSA) is 97.4 Å². The molecule has 2 aromatic rings. The summed E-state index contributed by atoms with van der Waals surface area (Å²) in [5.41, 5.74) is 1.27. The number of hydrogen-bond acceptors (Lipinski definition) is 6. The summed E-state index contributed by atoms with van der Waals surface area (Å²) < 4.78 is 5.11. The lowest BCUT2D eigenvalue weighted by molar-refractivity contribution is -0.127. The van der Waals surface area contributed by atoms with Gasteiger partial charge in [-0.25, -0.2) is 14.6 Å². The fraction of sp³-hybridized carbons (Fsp3) is 0.250. The number of thiazole rings is 1. The second-order valence-corrected chi connectivity index (χ2v) is 6.50. The van der Waals surface area contributed by atoms with Crippen molar-refractivity contribution in [3.8, 4) is 10.6 Å². The molecule has 3 amide bonds. The molecular weight excluding hydrogens is 366 g/mol. The van der Waals surface area contributed by atoms with Crippen LogP contribution in [0.4, 0.5) is 4.79 Å². The Morgan fingerprint density at radius 3 is 2.68 bits per heavy atom. The van der Waals surface area contributed by atoms with Crippen LogP contribution in [0, 0.1) is 6.92 Å². The number of amides is 3. The second kappa shape index (κ2) is 8.09. The van der Waals surface area contributed by atoms with Crippen molar-refractivity contribution in [2.75, 3.05) is 7.05 Å². The van der Waals surface area contributed by atoms with Gasteiger partial charge in [-0.3, -0.25) is 10.1 Å². The maximum atomic E-state index is 12.3. The molecule has 0 aliphatic heterocycles. The maximum Gasteiger partial charge on any atom is 0.351 e. The van der Waals surface area contributed by atoms with Crippen molar-refractivity contribution < 1.29 is 19.1 Å². The number of nitrogens with one attached hydrogen (secondary N) is 2. The average molecular weight is 382 g/mol. The number of carbonyl (C=O) groups is 3. The Bertz CT molecular complexity index is 821. The minimum absolute atomic E-state index is 0.287. The number of rotatable bonds is 4. The van der Waals surface area contributed by atoms with Crippen molar-refractivity contribution in [1.29, 1.82) is 0 Å². The highest BCUT2D eigenvalue weighted by Crippen LogP contribution is 2.30. The maximum absolute atomic E-state index is 12.3. The van der Waals surface area contributed by atoms with Crippen molar-refractivity contribution in [2.45, 2.75) is 20.0 Å². The van der Waals surface area contributed by atoms with E-state index in [0.717, 1.165) is 16.9 Å². The van der Waals surface area contributed by atoms with E-state index in [1.807, 2.05) is 11.4 Å². The summed E-state index contributed by atoms with van der Waals surface area (Å²) in [6, 6.07) is 6.43. The number of halogens is 1. The van der Waals surface area contributed by atoms with Gasteiger partial charge in [0.05, 0.1) is 5.69 Å². The summed E-state index contributed by atoms with van der Waals surface area (Å²) in [6.07, 6.45) is -1.12. The molecule has 0 aliphatic rings. The highest BCUT2D eigenvalue weighted by Gasteiger charge is 2.24. The molecule has 0 saturated carbocycles. The molecule has 1 atom stereocenters. The highest BCUT2D eigenvalue weighted by molar-refractivity contribution is 7.17. The Morgan fingerprint density at radius 1 is 1.32 bits per heavy atom. The molecule has 2 N–H and O–H groups in total. The summed E-state index contributed by atoms with van der Waals surface area (Å²) in [5, 5.41) is 5.47. The molecule has 0 spiro atoms. The van der Waals surface area contributed by atoms with Gasteiger partial charge < -0.3 is 10.1 Å². The standard InChI is InChI=1S/C16H16ClN3O4S/c1-8-12(15(22)24-9(2)13(21)20-16(23)18-3)25-14(19-8)10-5-4-6-11(17)7-10/h4-7,9H,1-3H3,(H2,18,20,21,23)/t9-/m0/s1. The average Bonchev–Trinajstić information content (AvgIpc) is 2.96. The van der Waals surface area contributed by atoms with Crippen molar-refractivity contribution in [1.82, 2.24) is 15.6 Å². The Kier molecular flexibility index (Phi) is 6.11. The van der Waals surface area contributed by atoms with E-state index in [0.29, 0.717) is 15.7 Å². The quantitative estimate of drug-likeness (QED) is 0.793. The minimum atomic E-state index is -1.12. The Morgan fingerprint density at radius 2 is 2.04 bits per heavy atom. The first-order valence-corrected chi connectivity index (χ1v) is 8.48. The molecule has 0 radical (unpaired) electrons. The Hall–Kier alpha value is -2.45. The predicted octanol–water partition coefficient (Wildman–Crippen LogP) is 2.77. The molecule has 0 unspecified atom stereocenters. The van der Waals surface area contributed by atoms with E-state index in [1.54, 1.807) is 25.1 Å². The summed E-state index contributed by atoms with van der Waals surface area (Å²) >= 11 is 7.12. The number of urea groups is 1. The zero-order chi connectivity index (χ0) is 18.6. The van der Waals surface area contributed by atoms with E-state index >= 15 is 0 Å². The molecule has 9 heteroatoms. The number of hydrogen-bond donors (Lipinski definition) is 2. The van der Waals surface area contributed by atoms with E-state index in [2.05, 4.69) is 10.3 Å². The van der Waals surface area contributed by atoms with E-state index in [4.69, 9.17) is 16.3 Å². The predicted molar refractivity (Wildman–Crippen MR) is 94.8 cm³/mol. The van der Waals surface area contributed by atoms with Gasteiger partial charge in [-0.05, 0) is 26.0 Å². The molecular formula is C16H16ClN3O4S. The zero-order valence-electron chi connectivity index (χ0n) is 13.8.